The summed E-state index contributed by atoms with van der Waals surface area (Å²) >= 11 is 0. The number of amides is 1. The van der Waals surface area contributed by atoms with Crippen LogP contribution in [0.2, 0.25) is 0 Å². The monoisotopic (exact) mass is 416 g/mol. The van der Waals surface area contributed by atoms with Crippen LogP contribution in [-0.4, -0.2) is 33.0 Å². The predicted octanol–water partition coefficient (Wildman–Crippen LogP) is 1.90. The molecule has 31 heavy (non-hydrogen) atoms. The van der Waals surface area contributed by atoms with Crippen molar-refractivity contribution >= 4 is 35.3 Å². The van der Waals surface area contributed by atoms with E-state index in [0.29, 0.717) is 51.5 Å². The van der Waals surface area contributed by atoms with E-state index in [9.17, 15) is 14.8 Å². The Morgan fingerprint density at radius 3 is 2.71 bits per heavy atom. The molecule has 0 radical (unpaired) electrons. The van der Waals surface area contributed by atoms with E-state index < -0.39 is 13.0 Å². The van der Waals surface area contributed by atoms with Crippen LogP contribution in [0.4, 0.5) is 5.82 Å². The Hall–Kier alpha value is -3.69. The van der Waals surface area contributed by atoms with Crippen molar-refractivity contribution < 1.29 is 19.3 Å². The van der Waals surface area contributed by atoms with Crippen molar-refractivity contribution in [3.05, 3.63) is 71.1 Å². The van der Waals surface area contributed by atoms with Gasteiger partial charge < -0.3 is 25.5 Å². The van der Waals surface area contributed by atoms with E-state index in [1.807, 2.05) is 19.1 Å². The number of hydrogen-bond donors (Lipinski definition) is 4. The van der Waals surface area contributed by atoms with Crippen molar-refractivity contribution in [3.8, 4) is 11.4 Å². The highest BCUT2D eigenvalue weighted by Crippen LogP contribution is 2.34. The van der Waals surface area contributed by atoms with E-state index in [-0.39, 0.29) is 0 Å². The molecule has 2 aromatic heterocycles. The van der Waals surface area contributed by atoms with Gasteiger partial charge in [-0.2, -0.15) is 0 Å². The molecule has 9 heteroatoms. The molecule has 156 valence electrons. The largest absolute Gasteiger partial charge is 0.488 e. The number of nitrogens with one attached hydrogen (secondary N) is 1. The first-order valence-corrected chi connectivity index (χ1v) is 9.70. The third-order valence-corrected chi connectivity index (χ3v) is 5.06. The van der Waals surface area contributed by atoms with Gasteiger partial charge in [-0.05, 0) is 30.9 Å². The van der Waals surface area contributed by atoms with Crippen LogP contribution in [0.1, 0.15) is 27.2 Å². The molecule has 8 nitrogen and oxygen atoms in total. The molecule has 2 aromatic carbocycles. The minimum Gasteiger partial charge on any atom is -0.460 e. The Bertz CT molecular complexity index is 1290. The number of nitrogens with two attached hydrogens (primary N) is 1. The van der Waals surface area contributed by atoms with Crippen LogP contribution in [0.5, 0.6) is 0 Å². The fraction of sp³-hybridized carbons (Fsp3) is 0.136. The van der Waals surface area contributed by atoms with Crippen LogP contribution in [0, 0.1) is 13.8 Å². The molecule has 0 spiro atoms. The number of carbonyl (C=O) groups excluding carboxylic acids is 1. The standard InChI is InChI=1S/C22H21BN4O4/c1-12-10-25-22(18-13(2)31-19-16(18)7-4-8-17(19)20(24)28)27-21(12)26-11-14-5-3-6-15(9-14)23(29)30/h3-10,29-30H,11H2,1-2H3,(H2,24,28)(H,25,26,27). The fourth-order valence-corrected chi connectivity index (χ4v) is 3.50. The van der Waals surface area contributed by atoms with Gasteiger partial charge in [0.25, 0.3) is 5.91 Å². The molecule has 0 aliphatic rings. The molecule has 5 N–H and O–H groups in total. The Morgan fingerprint density at radius 1 is 1.19 bits per heavy atom. The van der Waals surface area contributed by atoms with Gasteiger partial charge in [0.15, 0.2) is 5.82 Å². The lowest BCUT2D eigenvalue weighted by atomic mass is 9.80. The van der Waals surface area contributed by atoms with Gasteiger partial charge in [-0.15, -0.1) is 0 Å². The second kappa shape index (κ2) is 8.21. The van der Waals surface area contributed by atoms with Crippen LogP contribution in [0.3, 0.4) is 0 Å². The van der Waals surface area contributed by atoms with Gasteiger partial charge in [-0.3, -0.25) is 4.79 Å². The molecule has 0 bridgehead atoms. The normalized spacial score (nSPS) is 11.0. The van der Waals surface area contributed by atoms with Gasteiger partial charge >= 0.3 is 7.12 Å². The summed E-state index contributed by atoms with van der Waals surface area (Å²) in [7, 11) is -1.52. The van der Waals surface area contributed by atoms with Gasteiger partial charge in [0, 0.05) is 23.7 Å². The van der Waals surface area contributed by atoms with E-state index in [1.165, 1.54) is 0 Å². The number of furan rings is 1. The second-order valence-corrected chi connectivity index (χ2v) is 7.28. The highest BCUT2D eigenvalue weighted by molar-refractivity contribution is 6.58. The van der Waals surface area contributed by atoms with E-state index >= 15 is 0 Å². The Labute approximate surface area is 178 Å². The van der Waals surface area contributed by atoms with Crippen LogP contribution in [0.15, 0.2) is 53.1 Å². The quantitative estimate of drug-likeness (QED) is 0.353. The maximum absolute atomic E-state index is 11.7. The number of anilines is 1. The van der Waals surface area contributed by atoms with Gasteiger partial charge in [0.05, 0.1) is 11.1 Å². The average Bonchev–Trinajstić information content (AvgIpc) is 3.09. The van der Waals surface area contributed by atoms with Gasteiger partial charge in [-0.1, -0.05) is 36.4 Å². The molecular weight excluding hydrogens is 395 g/mol. The van der Waals surface area contributed by atoms with Crippen molar-refractivity contribution in [2.75, 3.05) is 5.32 Å². The molecule has 0 saturated carbocycles. The minimum absolute atomic E-state index is 0.309. The number of benzene rings is 2. The maximum atomic E-state index is 11.7. The molecule has 0 unspecified atom stereocenters. The highest BCUT2D eigenvalue weighted by Gasteiger charge is 2.20. The summed E-state index contributed by atoms with van der Waals surface area (Å²) in [5.74, 6) is 1.13. The number of hydrogen-bond acceptors (Lipinski definition) is 7. The number of aromatic nitrogens is 2. The number of rotatable bonds is 6. The maximum Gasteiger partial charge on any atom is 0.488 e. The lowest BCUT2D eigenvalue weighted by Gasteiger charge is -2.11. The first-order valence-electron chi connectivity index (χ1n) is 9.70. The third-order valence-electron chi connectivity index (χ3n) is 5.06. The number of nitrogens with zero attached hydrogens (tertiary/aromatic N) is 2. The number of carbonyl (C=O) groups is 1. The summed E-state index contributed by atoms with van der Waals surface area (Å²) in [6.07, 6.45) is 1.72. The molecule has 0 fully saturated rings. The molecule has 0 aliphatic carbocycles. The number of aryl methyl sites for hydroxylation is 2. The topological polar surface area (TPSA) is 134 Å². The molecule has 0 aliphatic heterocycles. The Morgan fingerprint density at radius 2 is 1.97 bits per heavy atom. The van der Waals surface area contributed by atoms with Crippen LogP contribution < -0.4 is 16.5 Å². The van der Waals surface area contributed by atoms with Crippen LogP contribution in [-0.2, 0) is 6.54 Å². The van der Waals surface area contributed by atoms with E-state index in [1.54, 1.807) is 43.5 Å². The molecule has 1 amide bonds. The third kappa shape index (κ3) is 4.01. The van der Waals surface area contributed by atoms with Crippen molar-refractivity contribution in [2.24, 2.45) is 5.73 Å². The Balaban J connectivity index is 1.69. The molecule has 0 saturated heterocycles. The number of para-hydroxylation sites is 1. The molecular formula is C22H21BN4O4. The van der Waals surface area contributed by atoms with E-state index in [0.717, 1.165) is 11.1 Å². The lowest BCUT2D eigenvalue weighted by molar-refractivity contribution is 0.100. The first-order chi connectivity index (χ1) is 14.8. The predicted molar refractivity (Wildman–Crippen MR) is 119 cm³/mol. The molecule has 4 rings (SSSR count). The lowest BCUT2D eigenvalue weighted by Crippen LogP contribution is -2.30. The summed E-state index contributed by atoms with van der Waals surface area (Å²) in [5, 5.41) is 22.7. The second-order valence-electron chi connectivity index (χ2n) is 7.28. The summed E-state index contributed by atoms with van der Waals surface area (Å²) in [4.78, 5) is 20.9. The van der Waals surface area contributed by atoms with Crippen molar-refractivity contribution in [1.82, 2.24) is 9.97 Å². The summed E-state index contributed by atoms with van der Waals surface area (Å²) in [6.45, 7) is 4.13. The summed E-state index contributed by atoms with van der Waals surface area (Å²) in [6, 6.07) is 12.2. The SMILES string of the molecule is Cc1cnc(-c2c(C)oc3c(C(N)=O)cccc23)nc1NCc1cccc(B(O)O)c1. The zero-order valence-electron chi connectivity index (χ0n) is 17.1. The van der Waals surface area contributed by atoms with Crippen molar-refractivity contribution in [3.63, 3.8) is 0 Å². The number of fused-ring (bicyclic) bond motifs is 1. The smallest absolute Gasteiger partial charge is 0.460 e. The average molecular weight is 416 g/mol. The molecule has 0 atom stereocenters. The van der Waals surface area contributed by atoms with Crippen molar-refractivity contribution in [1.29, 1.82) is 0 Å². The van der Waals surface area contributed by atoms with Gasteiger partial charge in [0.1, 0.15) is 17.2 Å². The number of primary amides is 1. The molecule has 4 aromatic rings. The van der Waals surface area contributed by atoms with Gasteiger partial charge in [-0.25, -0.2) is 9.97 Å². The van der Waals surface area contributed by atoms with E-state index in [2.05, 4.69) is 15.3 Å². The highest BCUT2D eigenvalue weighted by atomic mass is 16.4. The summed E-state index contributed by atoms with van der Waals surface area (Å²) in [5.41, 5.74) is 9.05. The first kappa shape index (κ1) is 20.6. The zero-order chi connectivity index (χ0) is 22.1. The fourth-order valence-electron chi connectivity index (χ4n) is 3.50. The van der Waals surface area contributed by atoms with Crippen molar-refractivity contribution in [2.45, 2.75) is 20.4 Å². The summed E-state index contributed by atoms with van der Waals surface area (Å²) < 4.78 is 5.83. The minimum atomic E-state index is -1.52. The van der Waals surface area contributed by atoms with Crippen LogP contribution in [0.25, 0.3) is 22.4 Å². The van der Waals surface area contributed by atoms with E-state index in [4.69, 9.17) is 10.2 Å². The van der Waals surface area contributed by atoms with Gasteiger partial charge in [0.2, 0.25) is 0 Å². The van der Waals surface area contributed by atoms with Crippen LogP contribution >= 0.6 is 0 Å². The molecule has 2 heterocycles. The Kier molecular flexibility index (Phi) is 5.45. The zero-order valence-corrected chi connectivity index (χ0v) is 17.1.